The summed E-state index contributed by atoms with van der Waals surface area (Å²) >= 11 is 0. The van der Waals surface area contributed by atoms with E-state index in [1.807, 2.05) is 31.2 Å². The Hall–Kier alpha value is -2.63. The van der Waals surface area contributed by atoms with Gasteiger partial charge in [-0.25, -0.2) is 14.5 Å². The number of para-hydroxylation sites is 1. The number of carbonyl (C=O) groups is 1. The van der Waals surface area contributed by atoms with Crippen molar-refractivity contribution in [1.82, 2.24) is 19.7 Å². The van der Waals surface area contributed by atoms with Gasteiger partial charge in [0.2, 0.25) is 5.91 Å². The highest BCUT2D eigenvalue weighted by molar-refractivity contribution is 5.80. The zero-order valence-corrected chi connectivity index (χ0v) is 16.9. The number of hydrogen-bond donors (Lipinski definition) is 1. The highest BCUT2D eigenvalue weighted by Gasteiger charge is 2.42. The molecule has 6 heteroatoms. The molecule has 1 aromatic carbocycles. The van der Waals surface area contributed by atoms with Crippen LogP contribution in [0.1, 0.15) is 37.1 Å². The molecule has 5 rings (SSSR count). The van der Waals surface area contributed by atoms with Crippen LogP contribution in [-0.4, -0.2) is 38.7 Å². The number of nitrogens with zero attached hydrogens (tertiary/aromatic N) is 3. The summed E-state index contributed by atoms with van der Waals surface area (Å²) in [5, 5.41) is 6.93. The first-order chi connectivity index (χ1) is 14.1. The SMILES string of the molecule is Cc1ccccc1-n1c(CC2CCN(C(=O)[C@H]3C[C@H]4C=C[C@H]3C4)CC2)n[nH]c1=O. The quantitative estimate of drug-likeness (QED) is 0.814. The molecule has 3 aliphatic rings. The van der Waals surface area contributed by atoms with Crippen molar-refractivity contribution >= 4 is 5.91 Å². The maximum Gasteiger partial charge on any atom is 0.347 e. The third-order valence-electron chi connectivity index (χ3n) is 7.09. The number of fused-ring (bicyclic) bond motifs is 2. The molecule has 1 saturated heterocycles. The molecule has 1 amide bonds. The summed E-state index contributed by atoms with van der Waals surface area (Å²) in [5.74, 6) is 2.89. The molecule has 1 aromatic heterocycles. The first kappa shape index (κ1) is 18.4. The number of piperidine rings is 1. The van der Waals surface area contributed by atoms with E-state index >= 15 is 0 Å². The van der Waals surface area contributed by atoms with Gasteiger partial charge in [-0.3, -0.25) is 4.79 Å². The minimum Gasteiger partial charge on any atom is -0.342 e. The Morgan fingerprint density at radius 3 is 2.66 bits per heavy atom. The predicted octanol–water partition coefficient (Wildman–Crippen LogP) is 2.86. The normalized spacial score (nSPS) is 26.4. The maximum absolute atomic E-state index is 13.0. The average molecular weight is 393 g/mol. The van der Waals surface area contributed by atoms with Crippen LogP contribution in [0.2, 0.25) is 0 Å². The number of nitrogens with one attached hydrogen (secondary N) is 1. The molecule has 29 heavy (non-hydrogen) atoms. The van der Waals surface area contributed by atoms with Gasteiger partial charge in [0, 0.05) is 25.4 Å². The Kier molecular flexibility index (Phi) is 4.64. The van der Waals surface area contributed by atoms with Gasteiger partial charge in [0.1, 0.15) is 5.82 Å². The van der Waals surface area contributed by atoms with E-state index in [0.29, 0.717) is 23.7 Å². The Balaban J connectivity index is 1.24. The monoisotopic (exact) mass is 392 g/mol. The van der Waals surface area contributed by atoms with Crippen molar-refractivity contribution in [3.8, 4) is 5.69 Å². The fraction of sp³-hybridized carbons (Fsp3) is 0.522. The van der Waals surface area contributed by atoms with Gasteiger partial charge in [0.05, 0.1) is 5.69 Å². The number of benzene rings is 1. The molecule has 6 nitrogen and oxygen atoms in total. The van der Waals surface area contributed by atoms with Gasteiger partial charge in [-0.1, -0.05) is 30.4 Å². The number of hydrogen-bond acceptors (Lipinski definition) is 3. The van der Waals surface area contributed by atoms with E-state index in [0.717, 1.165) is 55.8 Å². The second-order valence-electron chi connectivity index (χ2n) is 8.93. The molecule has 2 bridgehead atoms. The number of amides is 1. The van der Waals surface area contributed by atoms with Gasteiger partial charge in [-0.15, -0.1) is 0 Å². The number of aromatic nitrogens is 3. The summed E-state index contributed by atoms with van der Waals surface area (Å²) in [7, 11) is 0. The highest BCUT2D eigenvalue weighted by atomic mass is 16.2. The van der Waals surface area contributed by atoms with Gasteiger partial charge in [0.15, 0.2) is 0 Å². The van der Waals surface area contributed by atoms with Crippen molar-refractivity contribution in [2.75, 3.05) is 13.1 Å². The molecule has 1 N–H and O–H groups in total. The molecule has 0 unspecified atom stereocenters. The smallest absolute Gasteiger partial charge is 0.342 e. The number of H-pyrrole nitrogens is 1. The molecule has 0 radical (unpaired) electrons. The minimum atomic E-state index is -0.189. The van der Waals surface area contributed by atoms with Gasteiger partial charge < -0.3 is 4.90 Å². The second kappa shape index (κ2) is 7.32. The van der Waals surface area contributed by atoms with E-state index in [4.69, 9.17) is 0 Å². The molecule has 3 atom stereocenters. The molecule has 2 fully saturated rings. The van der Waals surface area contributed by atoms with Crippen LogP contribution in [0.5, 0.6) is 0 Å². The predicted molar refractivity (Wildman–Crippen MR) is 111 cm³/mol. The Morgan fingerprint density at radius 2 is 1.97 bits per heavy atom. The zero-order valence-electron chi connectivity index (χ0n) is 16.9. The van der Waals surface area contributed by atoms with E-state index in [1.165, 1.54) is 6.42 Å². The lowest BCUT2D eigenvalue weighted by Crippen LogP contribution is -2.43. The Morgan fingerprint density at radius 1 is 1.17 bits per heavy atom. The van der Waals surface area contributed by atoms with Gasteiger partial charge in [-0.2, -0.15) is 5.10 Å². The number of aryl methyl sites for hydroxylation is 1. The number of aromatic amines is 1. The lowest BCUT2D eigenvalue weighted by atomic mass is 9.89. The lowest BCUT2D eigenvalue weighted by Gasteiger charge is -2.34. The highest BCUT2D eigenvalue weighted by Crippen LogP contribution is 2.44. The molecule has 152 valence electrons. The van der Waals surface area contributed by atoms with Crippen LogP contribution >= 0.6 is 0 Å². The Bertz CT molecular complexity index is 996. The summed E-state index contributed by atoms with van der Waals surface area (Å²) in [6.45, 7) is 3.65. The summed E-state index contributed by atoms with van der Waals surface area (Å²) < 4.78 is 1.70. The van der Waals surface area contributed by atoms with Gasteiger partial charge >= 0.3 is 5.69 Å². The lowest BCUT2D eigenvalue weighted by molar-refractivity contribution is -0.137. The Labute approximate surface area is 170 Å². The van der Waals surface area contributed by atoms with Gasteiger partial charge in [0.25, 0.3) is 0 Å². The van der Waals surface area contributed by atoms with Crippen LogP contribution in [0, 0.1) is 30.6 Å². The minimum absolute atomic E-state index is 0.189. The van der Waals surface area contributed by atoms with Crippen molar-refractivity contribution in [2.45, 2.75) is 39.0 Å². The molecule has 2 aliphatic carbocycles. The summed E-state index contributed by atoms with van der Waals surface area (Å²) in [4.78, 5) is 27.4. The van der Waals surface area contributed by atoms with Crippen molar-refractivity contribution in [3.05, 3.63) is 58.3 Å². The van der Waals surface area contributed by atoms with Crippen LogP contribution in [0.3, 0.4) is 0 Å². The third-order valence-corrected chi connectivity index (χ3v) is 7.09. The molecule has 2 heterocycles. The maximum atomic E-state index is 13.0. The van der Waals surface area contributed by atoms with Gasteiger partial charge in [-0.05, 0) is 62.0 Å². The van der Waals surface area contributed by atoms with E-state index in [2.05, 4.69) is 27.2 Å². The first-order valence-corrected chi connectivity index (χ1v) is 10.8. The summed E-state index contributed by atoms with van der Waals surface area (Å²) in [6.07, 6.45) is 9.45. The third kappa shape index (κ3) is 3.34. The van der Waals surface area contributed by atoms with Crippen LogP contribution in [0.15, 0.2) is 41.2 Å². The van der Waals surface area contributed by atoms with E-state index in [9.17, 15) is 9.59 Å². The first-order valence-electron chi connectivity index (χ1n) is 10.8. The van der Waals surface area contributed by atoms with E-state index < -0.39 is 0 Å². The summed E-state index contributed by atoms with van der Waals surface area (Å²) in [6, 6.07) is 7.89. The number of carbonyl (C=O) groups excluding carboxylic acids is 1. The zero-order chi connectivity index (χ0) is 20.0. The molecule has 0 spiro atoms. The van der Waals surface area contributed by atoms with Crippen LogP contribution in [-0.2, 0) is 11.2 Å². The topological polar surface area (TPSA) is 71.0 Å². The fourth-order valence-electron chi connectivity index (χ4n) is 5.44. The standard InChI is InChI=1S/C23H28N4O2/c1-15-4-2-3-5-20(15)27-21(24-25-23(27)29)14-16-8-10-26(11-9-16)22(28)19-13-17-6-7-18(19)12-17/h2-7,16-19H,8-14H2,1H3,(H,25,29)/t17-,18-,19-/m0/s1. The second-order valence-corrected chi connectivity index (χ2v) is 8.93. The average Bonchev–Trinajstić information content (AvgIpc) is 3.45. The molecule has 1 saturated carbocycles. The van der Waals surface area contributed by atoms with Crippen LogP contribution < -0.4 is 5.69 Å². The van der Waals surface area contributed by atoms with Crippen molar-refractivity contribution in [2.24, 2.45) is 23.7 Å². The van der Waals surface area contributed by atoms with Crippen LogP contribution in [0.4, 0.5) is 0 Å². The molecule has 2 aromatic rings. The van der Waals surface area contributed by atoms with Crippen molar-refractivity contribution in [3.63, 3.8) is 0 Å². The van der Waals surface area contributed by atoms with Crippen molar-refractivity contribution in [1.29, 1.82) is 0 Å². The van der Waals surface area contributed by atoms with E-state index in [1.54, 1.807) is 4.57 Å². The molecular weight excluding hydrogens is 364 g/mol. The van der Waals surface area contributed by atoms with E-state index in [-0.39, 0.29) is 11.6 Å². The fourth-order valence-corrected chi connectivity index (χ4v) is 5.44. The number of rotatable bonds is 4. The summed E-state index contributed by atoms with van der Waals surface area (Å²) in [5.41, 5.74) is 1.75. The molecular formula is C23H28N4O2. The van der Waals surface area contributed by atoms with Crippen LogP contribution in [0.25, 0.3) is 5.69 Å². The van der Waals surface area contributed by atoms with Crippen molar-refractivity contribution < 1.29 is 4.79 Å². The largest absolute Gasteiger partial charge is 0.347 e. The number of allylic oxidation sites excluding steroid dienone is 2. The molecule has 1 aliphatic heterocycles. The number of likely N-dealkylation sites (tertiary alicyclic amines) is 1.